The van der Waals surface area contributed by atoms with Gasteiger partial charge in [-0.05, 0) is 19.1 Å². The predicted octanol–water partition coefficient (Wildman–Crippen LogP) is 2.20. The van der Waals surface area contributed by atoms with E-state index in [2.05, 4.69) is 0 Å². The summed E-state index contributed by atoms with van der Waals surface area (Å²) in [4.78, 5) is 0. The molecule has 1 heterocycles. The summed E-state index contributed by atoms with van der Waals surface area (Å²) < 4.78 is 1.37. The highest BCUT2D eigenvalue weighted by Crippen LogP contribution is 2.26. The maximum atomic E-state index is 9.46. The van der Waals surface area contributed by atoms with Crippen molar-refractivity contribution < 1.29 is 10.2 Å². The molecule has 0 fully saturated rings. The minimum atomic E-state index is 0.0337. The van der Waals surface area contributed by atoms with Crippen LogP contribution in [0.3, 0.4) is 0 Å². The van der Waals surface area contributed by atoms with Gasteiger partial charge < -0.3 is 10.2 Å². The SMILES string of the molecule is Cc1ccc(-n2c(O)ccc2O)cc1. The molecule has 0 bridgehead atoms. The Morgan fingerprint density at radius 3 is 1.86 bits per heavy atom. The zero-order valence-corrected chi connectivity index (χ0v) is 7.81. The Morgan fingerprint density at radius 1 is 0.857 bits per heavy atom. The fraction of sp³-hybridized carbons (Fsp3) is 0.0909. The summed E-state index contributed by atoms with van der Waals surface area (Å²) in [7, 11) is 0. The highest BCUT2D eigenvalue weighted by molar-refractivity contribution is 5.42. The summed E-state index contributed by atoms with van der Waals surface area (Å²) in [5.74, 6) is 0.0673. The van der Waals surface area contributed by atoms with Gasteiger partial charge in [0.1, 0.15) is 0 Å². The number of hydrogen-bond donors (Lipinski definition) is 2. The van der Waals surface area contributed by atoms with Crippen molar-refractivity contribution in [3.05, 3.63) is 42.0 Å². The second-order valence-corrected chi connectivity index (χ2v) is 3.22. The van der Waals surface area contributed by atoms with Gasteiger partial charge in [0, 0.05) is 12.1 Å². The first-order valence-electron chi connectivity index (χ1n) is 4.35. The molecule has 0 aliphatic heterocycles. The first-order chi connectivity index (χ1) is 6.68. The van der Waals surface area contributed by atoms with E-state index in [0.29, 0.717) is 0 Å². The minimum Gasteiger partial charge on any atom is -0.494 e. The largest absolute Gasteiger partial charge is 0.494 e. The number of aromatic nitrogens is 1. The molecule has 3 nitrogen and oxygen atoms in total. The lowest BCUT2D eigenvalue weighted by Crippen LogP contribution is -1.91. The molecule has 0 amide bonds. The number of aryl methyl sites for hydroxylation is 1. The van der Waals surface area contributed by atoms with E-state index in [1.165, 1.54) is 16.7 Å². The van der Waals surface area contributed by atoms with Crippen molar-refractivity contribution >= 4 is 0 Å². The lowest BCUT2D eigenvalue weighted by molar-refractivity contribution is 0.402. The van der Waals surface area contributed by atoms with Crippen molar-refractivity contribution in [3.63, 3.8) is 0 Å². The van der Waals surface area contributed by atoms with Crippen LogP contribution in [0.2, 0.25) is 0 Å². The van der Waals surface area contributed by atoms with Crippen molar-refractivity contribution in [2.24, 2.45) is 0 Å². The predicted molar refractivity (Wildman–Crippen MR) is 53.8 cm³/mol. The molecule has 0 aliphatic carbocycles. The Morgan fingerprint density at radius 2 is 1.36 bits per heavy atom. The van der Waals surface area contributed by atoms with E-state index in [1.807, 2.05) is 31.2 Å². The molecule has 0 atom stereocenters. The number of benzene rings is 1. The Balaban J connectivity index is 2.54. The number of hydrogen-bond acceptors (Lipinski definition) is 2. The van der Waals surface area contributed by atoms with Gasteiger partial charge in [-0.1, -0.05) is 17.7 Å². The highest BCUT2D eigenvalue weighted by Gasteiger charge is 2.06. The fourth-order valence-electron chi connectivity index (χ4n) is 1.37. The standard InChI is InChI=1S/C11H11NO2/c1-8-2-4-9(5-3-8)12-10(13)6-7-11(12)14/h2-7,13-14H,1H3. The van der Waals surface area contributed by atoms with Crippen LogP contribution >= 0.6 is 0 Å². The van der Waals surface area contributed by atoms with Gasteiger partial charge in [0.05, 0.1) is 5.69 Å². The molecule has 0 radical (unpaired) electrons. The maximum Gasteiger partial charge on any atom is 0.198 e. The Kier molecular flexibility index (Phi) is 1.93. The number of rotatable bonds is 1. The smallest absolute Gasteiger partial charge is 0.198 e. The molecular formula is C11H11NO2. The molecule has 2 rings (SSSR count). The van der Waals surface area contributed by atoms with Crippen molar-refractivity contribution in [1.29, 1.82) is 0 Å². The Hall–Kier alpha value is -1.90. The fourth-order valence-corrected chi connectivity index (χ4v) is 1.37. The van der Waals surface area contributed by atoms with Gasteiger partial charge in [-0.2, -0.15) is 0 Å². The average molecular weight is 189 g/mol. The van der Waals surface area contributed by atoms with Crippen LogP contribution in [0.1, 0.15) is 5.56 Å². The zero-order valence-electron chi connectivity index (χ0n) is 7.81. The third-order valence-corrected chi connectivity index (χ3v) is 2.13. The van der Waals surface area contributed by atoms with Crippen molar-refractivity contribution in [1.82, 2.24) is 4.57 Å². The summed E-state index contributed by atoms with van der Waals surface area (Å²) >= 11 is 0. The molecular weight excluding hydrogens is 178 g/mol. The van der Waals surface area contributed by atoms with E-state index in [9.17, 15) is 10.2 Å². The minimum absolute atomic E-state index is 0.0337. The first-order valence-corrected chi connectivity index (χ1v) is 4.35. The van der Waals surface area contributed by atoms with Gasteiger partial charge in [-0.15, -0.1) is 0 Å². The van der Waals surface area contributed by atoms with Crippen LogP contribution in [-0.4, -0.2) is 14.8 Å². The molecule has 2 aromatic rings. The van der Waals surface area contributed by atoms with Gasteiger partial charge in [0.25, 0.3) is 0 Å². The second kappa shape index (κ2) is 3.10. The number of nitrogens with zero attached hydrogens (tertiary/aromatic N) is 1. The molecule has 1 aromatic heterocycles. The zero-order chi connectivity index (χ0) is 10.1. The summed E-state index contributed by atoms with van der Waals surface area (Å²) in [6, 6.07) is 10.4. The normalized spacial score (nSPS) is 10.4. The third-order valence-electron chi connectivity index (χ3n) is 2.13. The van der Waals surface area contributed by atoms with Crippen LogP contribution < -0.4 is 0 Å². The second-order valence-electron chi connectivity index (χ2n) is 3.22. The van der Waals surface area contributed by atoms with Gasteiger partial charge in [-0.3, -0.25) is 4.57 Å². The molecule has 0 unspecified atom stereocenters. The van der Waals surface area contributed by atoms with E-state index in [4.69, 9.17) is 0 Å². The van der Waals surface area contributed by atoms with Gasteiger partial charge in [-0.25, -0.2) is 0 Å². The molecule has 1 aromatic carbocycles. The van der Waals surface area contributed by atoms with Crippen molar-refractivity contribution in [2.75, 3.05) is 0 Å². The van der Waals surface area contributed by atoms with E-state index < -0.39 is 0 Å². The molecule has 0 spiro atoms. The van der Waals surface area contributed by atoms with Gasteiger partial charge in [0.15, 0.2) is 11.8 Å². The lowest BCUT2D eigenvalue weighted by atomic mass is 10.2. The van der Waals surface area contributed by atoms with Crippen LogP contribution in [0, 0.1) is 6.92 Å². The molecule has 0 aliphatic rings. The summed E-state index contributed by atoms with van der Waals surface area (Å²) in [6.45, 7) is 1.99. The number of aromatic hydroxyl groups is 2. The molecule has 14 heavy (non-hydrogen) atoms. The van der Waals surface area contributed by atoms with Gasteiger partial charge in [0.2, 0.25) is 0 Å². The monoisotopic (exact) mass is 189 g/mol. The van der Waals surface area contributed by atoms with Crippen LogP contribution in [-0.2, 0) is 0 Å². The summed E-state index contributed by atoms with van der Waals surface area (Å²) in [6.07, 6.45) is 0. The molecule has 0 saturated heterocycles. The third kappa shape index (κ3) is 1.33. The first kappa shape index (κ1) is 8.69. The van der Waals surface area contributed by atoms with E-state index >= 15 is 0 Å². The van der Waals surface area contributed by atoms with E-state index in [-0.39, 0.29) is 11.8 Å². The van der Waals surface area contributed by atoms with Crippen LogP contribution in [0.4, 0.5) is 0 Å². The van der Waals surface area contributed by atoms with Crippen molar-refractivity contribution in [3.8, 4) is 17.4 Å². The van der Waals surface area contributed by atoms with Crippen LogP contribution in [0.25, 0.3) is 5.69 Å². The van der Waals surface area contributed by atoms with E-state index in [1.54, 1.807) is 0 Å². The Bertz CT molecular complexity index is 423. The average Bonchev–Trinajstić information content (AvgIpc) is 2.49. The lowest BCUT2D eigenvalue weighted by Gasteiger charge is -2.06. The Labute approximate surface area is 81.9 Å². The van der Waals surface area contributed by atoms with Gasteiger partial charge >= 0.3 is 0 Å². The quantitative estimate of drug-likeness (QED) is 0.722. The van der Waals surface area contributed by atoms with Crippen LogP contribution in [0.15, 0.2) is 36.4 Å². The molecule has 3 heteroatoms. The summed E-state index contributed by atoms with van der Waals surface area (Å²) in [5, 5.41) is 18.9. The topological polar surface area (TPSA) is 45.4 Å². The molecule has 72 valence electrons. The summed E-state index contributed by atoms with van der Waals surface area (Å²) in [5.41, 5.74) is 1.88. The molecule has 2 N–H and O–H groups in total. The highest BCUT2D eigenvalue weighted by atomic mass is 16.3. The van der Waals surface area contributed by atoms with Crippen molar-refractivity contribution in [2.45, 2.75) is 6.92 Å². The van der Waals surface area contributed by atoms with Crippen LogP contribution in [0.5, 0.6) is 11.8 Å². The van der Waals surface area contributed by atoms with E-state index in [0.717, 1.165) is 11.3 Å². The molecule has 0 saturated carbocycles. The maximum absolute atomic E-state index is 9.46.